The quantitative estimate of drug-likeness (QED) is 0.319. The van der Waals surface area contributed by atoms with Crippen molar-refractivity contribution in [3.8, 4) is 0 Å². The van der Waals surface area contributed by atoms with Gasteiger partial charge in [0.15, 0.2) is 0 Å². The van der Waals surface area contributed by atoms with Crippen molar-refractivity contribution in [2.45, 2.75) is 40.7 Å². The van der Waals surface area contributed by atoms with E-state index in [1.54, 1.807) is 53.1 Å². The number of carbonyl (C=O) groups excluding carboxylic acids is 3. The number of carbonyl (C=O) groups is 3. The highest BCUT2D eigenvalue weighted by molar-refractivity contribution is 6.07. The molecule has 2 aromatic carbocycles. The highest BCUT2D eigenvalue weighted by Gasteiger charge is 2.19. The van der Waals surface area contributed by atoms with Crippen LogP contribution in [0.4, 0.5) is 15.8 Å². The first-order chi connectivity index (χ1) is 17.5. The maximum atomic E-state index is 13.8. The Morgan fingerprint density at radius 2 is 1.68 bits per heavy atom. The minimum atomic E-state index is -0.666. The van der Waals surface area contributed by atoms with E-state index in [0.717, 1.165) is 10.9 Å². The van der Waals surface area contributed by atoms with Crippen LogP contribution in [0.2, 0.25) is 0 Å². The lowest BCUT2D eigenvalue weighted by molar-refractivity contribution is -0.117. The van der Waals surface area contributed by atoms with Gasteiger partial charge in [-0.15, -0.1) is 0 Å². The Kier molecular flexibility index (Phi) is 8.65. The Bertz CT molecular complexity index is 1360. The molecule has 0 saturated carbocycles. The number of allylic oxidation sites excluding steroid dienone is 4. The third kappa shape index (κ3) is 7.39. The van der Waals surface area contributed by atoms with Crippen LogP contribution in [0, 0.1) is 5.41 Å². The fraction of sp³-hybridized carbons (Fsp3) is 0.276. The molecule has 8 heteroatoms. The summed E-state index contributed by atoms with van der Waals surface area (Å²) in [5.74, 6) is -1.06. The van der Waals surface area contributed by atoms with Crippen LogP contribution in [0.25, 0.3) is 10.9 Å². The van der Waals surface area contributed by atoms with Gasteiger partial charge in [-0.25, -0.2) is 4.39 Å². The second-order valence-corrected chi connectivity index (χ2v) is 10.1. The second-order valence-electron chi connectivity index (χ2n) is 10.1. The standard InChI is InChI=1S/C29H33FN4O3/c1-5-6-7-19(17-30)18-34-24-13-12-23(32-26(35)16-29(2,3)4)14-21(24)15-25(34)28(37)33-22-10-8-20(9-11-22)27(31)36/h5-15H,16-18H2,1-4H3,(H2,31,36)(H,32,35)(H,33,37)/b6-5-,19-7+. The molecule has 0 bridgehead atoms. The third-order valence-electron chi connectivity index (χ3n) is 5.59. The maximum absolute atomic E-state index is 13.8. The van der Waals surface area contributed by atoms with Crippen molar-refractivity contribution in [3.05, 3.63) is 83.6 Å². The predicted molar refractivity (Wildman–Crippen MR) is 146 cm³/mol. The molecule has 0 radical (unpaired) electrons. The summed E-state index contributed by atoms with van der Waals surface area (Å²) < 4.78 is 15.5. The Hall–Kier alpha value is -4.20. The zero-order valence-corrected chi connectivity index (χ0v) is 21.6. The predicted octanol–water partition coefficient (Wildman–Crippen LogP) is 5.84. The van der Waals surface area contributed by atoms with Crippen LogP contribution >= 0.6 is 0 Å². The number of fused-ring (bicyclic) bond motifs is 1. The lowest BCUT2D eigenvalue weighted by Gasteiger charge is -2.17. The molecule has 0 atom stereocenters. The van der Waals surface area contributed by atoms with Crippen LogP contribution in [0.5, 0.6) is 0 Å². The fourth-order valence-corrected chi connectivity index (χ4v) is 3.88. The maximum Gasteiger partial charge on any atom is 0.272 e. The summed E-state index contributed by atoms with van der Waals surface area (Å²) in [6.45, 7) is 7.32. The zero-order chi connectivity index (χ0) is 27.2. The van der Waals surface area contributed by atoms with E-state index in [1.165, 1.54) is 12.1 Å². The van der Waals surface area contributed by atoms with Crippen LogP contribution in [0.15, 0.2) is 72.3 Å². The molecule has 194 valence electrons. The molecule has 0 spiro atoms. The first kappa shape index (κ1) is 27.4. The van der Waals surface area contributed by atoms with Gasteiger partial charge in [-0.2, -0.15) is 0 Å². The highest BCUT2D eigenvalue weighted by Crippen LogP contribution is 2.27. The molecule has 37 heavy (non-hydrogen) atoms. The smallest absolute Gasteiger partial charge is 0.272 e. The Morgan fingerprint density at radius 3 is 2.27 bits per heavy atom. The van der Waals surface area contributed by atoms with Gasteiger partial charge in [0, 0.05) is 40.8 Å². The number of hydrogen-bond acceptors (Lipinski definition) is 3. The number of hydrogen-bond donors (Lipinski definition) is 3. The van der Waals surface area contributed by atoms with E-state index in [9.17, 15) is 18.8 Å². The summed E-state index contributed by atoms with van der Waals surface area (Å²) >= 11 is 0. The summed E-state index contributed by atoms with van der Waals surface area (Å²) in [7, 11) is 0. The van der Waals surface area contributed by atoms with E-state index in [4.69, 9.17) is 5.73 Å². The minimum Gasteiger partial charge on any atom is -0.366 e. The van der Waals surface area contributed by atoms with Crippen molar-refractivity contribution < 1.29 is 18.8 Å². The van der Waals surface area contributed by atoms with Gasteiger partial charge in [0.25, 0.3) is 5.91 Å². The third-order valence-corrected chi connectivity index (χ3v) is 5.59. The van der Waals surface area contributed by atoms with E-state index in [1.807, 2.05) is 33.8 Å². The second kappa shape index (κ2) is 11.7. The number of benzene rings is 2. The number of amides is 3. The van der Waals surface area contributed by atoms with Crippen LogP contribution in [-0.4, -0.2) is 29.0 Å². The molecule has 7 nitrogen and oxygen atoms in total. The van der Waals surface area contributed by atoms with Crippen LogP contribution < -0.4 is 16.4 Å². The molecule has 0 unspecified atom stereocenters. The van der Waals surface area contributed by atoms with Gasteiger partial charge in [0.05, 0.1) is 0 Å². The first-order valence-corrected chi connectivity index (χ1v) is 12.0. The molecule has 0 fully saturated rings. The summed E-state index contributed by atoms with van der Waals surface area (Å²) in [5, 5.41) is 6.47. The van der Waals surface area contributed by atoms with Gasteiger partial charge < -0.3 is 20.9 Å². The monoisotopic (exact) mass is 504 g/mol. The molecule has 1 heterocycles. The van der Waals surface area contributed by atoms with E-state index in [0.29, 0.717) is 34.6 Å². The van der Waals surface area contributed by atoms with E-state index in [2.05, 4.69) is 10.6 Å². The minimum absolute atomic E-state index is 0.0994. The largest absolute Gasteiger partial charge is 0.366 e. The Morgan fingerprint density at radius 1 is 1.00 bits per heavy atom. The van der Waals surface area contributed by atoms with Crippen molar-refractivity contribution in [1.82, 2.24) is 4.57 Å². The normalized spacial score (nSPS) is 12.2. The highest BCUT2D eigenvalue weighted by atomic mass is 19.1. The van der Waals surface area contributed by atoms with Crippen molar-refractivity contribution in [2.24, 2.45) is 11.1 Å². The number of halogens is 1. The first-order valence-electron chi connectivity index (χ1n) is 12.0. The molecule has 0 aliphatic heterocycles. The summed E-state index contributed by atoms with van der Waals surface area (Å²) in [4.78, 5) is 37.1. The average Bonchev–Trinajstić information content (AvgIpc) is 3.18. The summed E-state index contributed by atoms with van der Waals surface area (Å²) in [6.07, 6.45) is 5.61. The Balaban J connectivity index is 1.98. The van der Waals surface area contributed by atoms with Gasteiger partial charge >= 0.3 is 0 Å². The molecule has 3 aromatic rings. The topological polar surface area (TPSA) is 106 Å². The van der Waals surface area contributed by atoms with Crippen molar-refractivity contribution in [1.29, 1.82) is 0 Å². The number of nitrogens with two attached hydrogens (primary N) is 1. The zero-order valence-electron chi connectivity index (χ0n) is 21.6. The van der Waals surface area contributed by atoms with Crippen LogP contribution in [-0.2, 0) is 11.3 Å². The average molecular weight is 505 g/mol. The van der Waals surface area contributed by atoms with Gasteiger partial charge in [-0.1, -0.05) is 39.0 Å². The molecule has 3 rings (SSSR count). The number of rotatable bonds is 9. The lowest BCUT2D eigenvalue weighted by atomic mass is 9.92. The molecule has 3 amide bonds. The van der Waals surface area contributed by atoms with E-state index in [-0.39, 0.29) is 17.9 Å². The summed E-state index contributed by atoms with van der Waals surface area (Å²) in [5.41, 5.74) is 8.11. The van der Waals surface area contributed by atoms with E-state index >= 15 is 0 Å². The van der Waals surface area contributed by atoms with Crippen molar-refractivity contribution in [2.75, 3.05) is 17.3 Å². The number of alkyl halides is 1. The number of anilines is 2. The van der Waals surface area contributed by atoms with Crippen LogP contribution in [0.3, 0.4) is 0 Å². The number of nitrogens with one attached hydrogen (secondary N) is 2. The molecule has 0 saturated heterocycles. The van der Waals surface area contributed by atoms with Gasteiger partial charge in [-0.3, -0.25) is 14.4 Å². The molecule has 4 N–H and O–H groups in total. The number of nitrogens with zero attached hydrogens (tertiary/aromatic N) is 1. The molecule has 1 aromatic heterocycles. The number of primary amides is 1. The molecule has 0 aliphatic rings. The lowest BCUT2D eigenvalue weighted by Crippen LogP contribution is -2.19. The van der Waals surface area contributed by atoms with Crippen LogP contribution in [0.1, 0.15) is 55.0 Å². The van der Waals surface area contributed by atoms with Crippen molar-refractivity contribution in [3.63, 3.8) is 0 Å². The molecule has 0 aliphatic carbocycles. The van der Waals surface area contributed by atoms with E-state index < -0.39 is 18.5 Å². The van der Waals surface area contributed by atoms with Gasteiger partial charge in [0.1, 0.15) is 12.4 Å². The SMILES string of the molecule is C/C=C\C=C(/CF)Cn1c(C(=O)Nc2ccc(C(N)=O)cc2)cc2cc(NC(=O)CC(C)(C)C)ccc21. The van der Waals surface area contributed by atoms with Crippen molar-refractivity contribution >= 4 is 40.0 Å². The van der Waals surface area contributed by atoms with Gasteiger partial charge in [0.2, 0.25) is 11.8 Å². The summed E-state index contributed by atoms with van der Waals surface area (Å²) in [6, 6.07) is 13.3. The van der Waals surface area contributed by atoms with Gasteiger partial charge in [-0.05, 0) is 66.4 Å². The fourth-order valence-electron chi connectivity index (χ4n) is 3.88. The Labute approximate surface area is 216 Å². The molecular weight excluding hydrogens is 471 g/mol. The number of aromatic nitrogens is 1. The molecular formula is C29H33FN4O3.